The van der Waals surface area contributed by atoms with Crippen LogP contribution in [-0.4, -0.2) is 49.5 Å². The Morgan fingerprint density at radius 1 is 0.773 bits per heavy atom. The predicted molar refractivity (Wildman–Crippen MR) is 168 cm³/mol. The van der Waals surface area contributed by atoms with Gasteiger partial charge < -0.3 is 34.5 Å². The van der Waals surface area contributed by atoms with Crippen LogP contribution < -0.4 is 24.3 Å². The smallest absolute Gasteiger partial charge is 0.204 e. The van der Waals surface area contributed by atoms with Gasteiger partial charge in [0.25, 0.3) is 0 Å². The third-order valence-electron chi connectivity index (χ3n) is 9.28. The quantitative estimate of drug-likeness (QED) is 0.260. The first-order chi connectivity index (χ1) is 21.4. The van der Waals surface area contributed by atoms with Crippen molar-refractivity contribution < 1.29 is 29.2 Å². The van der Waals surface area contributed by atoms with Crippen molar-refractivity contribution in [3.63, 3.8) is 0 Å². The second kappa shape index (κ2) is 11.6. The van der Waals surface area contributed by atoms with E-state index in [2.05, 4.69) is 41.5 Å². The summed E-state index contributed by atoms with van der Waals surface area (Å²) in [5, 5.41) is 26.5. The minimum absolute atomic E-state index is 0.00644. The van der Waals surface area contributed by atoms with Crippen LogP contribution in [0.15, 0.2) is 60.7 Å². The van der Waals surface area contributed by atoms with Gasteiger partial charge in [-0.05, 0) is 91.4 Å². The molecule has 0 amide bonds. The number of phenols is 2. The van der Waals surface area contributed by atoms with Crippen LogP contribution in [0, 0.1) is 0 Å². The van der Waals surface area contributed by atoms with Gasteiger partial charge in [-0.2, -0.15) is 0 Å². The molecule has 0 saturated carbocycles. The maximum Gasteiger partial charge on any atom is 0.204 e. The number of hydrogen-bond acceptors (Lipinski definition) is 8. The lowest BCUT2D eigenvalue weighted by molar-refractivity contribution is 0.222. The minimum Gasteiger partial charge on any atom is -0.504 e. The Morgan fingerprint density at radius 3 is 2.18 bits per heavy atom. The molecule has 2 unspecified atom stereocenters. The lowest BCUT2D eigenvalue weighted by atomic mass is 9.87. The number of phenolic OH excluding ortho intramolecular Hbond substituents is 2. The molecular weight excluding hydrogens is 556 g/mol. The lowest BCUT2D eigenvalue weighted by Gasteiger charge is -2.36. The van der Waals surface area contributed by atoms with Gasteiger partial charge in [-0.15, -0.1) is 0 Å². The number of benzene rings is 4. The van der Waals surface area contributed by atoms with Crippen molar-refractivity contribution in [1.29, 1.82) is 0 Å². The molecule has 6 aliphatic rings. The molecule has 0 fully saturated rings. The Labute approximate surface area is 257 Å². The topological polar surface area (TPSA) is 92.7 Å². The summed E-state index contributed by atoms with van der Waals surface area (Å²) in [5.74, 6) is 2.52. The molecule has 4 aromatic rings. The molecule has 44 heavy (non-hydrogen) atoms. The highest BCUT2D eigenvalue weighted by Gasteiger charge is 2.33. The van der Waals surface area contributed by atoms with Gasteiger partial charge in [-0.25, -0.2) is 0 Å². The molecule has 3 N–H and O–H groups in total. The van der Waals surface area contributed by atoms with Crippen LogP contribution in [0.2, 0.25) is 0 Å². The van der Waals surface area contributed by atoms with E-state index in [-0.39, 0.29) is 23.6 Å². The molecule has 0 spiro atoms. The van der Waals surface area contributed by atoms with Crippen molar-refractivity contribution in [2.75, 3.05) is 34.4 Å². The standard InChI is InChI=1S/C36H38N2O6/c1-38-15-13-25-18-29(41-2)33(39)36-32(25)28(38)17-22-4-6-23(7-5-22)20-43-35-30(42-3)19-24-12-14-37-27(31(24)34(35)40)16-21-8-10-26(44-36)11-9-21/h4-11,18-19,27-28,37,39-40H,12-17,20H2,1-3H3. The van der Waals surface area contributed by atoms with Crippen LogP contribution in [0.5, 0.6) is 40.2 Å². The molecule has 4 aromatic carbocycles. The SMILES string of the molecule is COc1cc2c3c(c1O)Oc1ccc(cc1)CC1NCCc4cc(OC)c(c(O)c41)OCc1ccc(cc1)CC3N(C)CC2. The van der Waals surface area contributed by atoms with Gasteiger partial charge in [0.05, 0.1) is 14.2 Å². The molecular formula is C36H38N2O6. The summed E-state index contributed by atoms with van der Waals surface area (Å²) in [6.45, 7) is 1.97. The second-order valence-electron chi connectivity index (χ2n) is 11.9. The zero-order chi connectivity index (χ0) is 30.4. The van der Waals surface area contributed by atoms with Gasteiger partial charge in [-0.3, -0.25) is 4.90 Å². The third kappa shape index (κ3) is 5.08. The Hall–Kier alpha value is -4.40. The van der Waals surface area contributed by atoms with Crippen LogP contribution in [0.3, 0.4) is 0 Å². The number of nitrogens with zero attached hydrogens (tertiary/aromatic N) is 1. The van der Waals surface area contributed by atoms with Crippen LogP contribution in [0.4, 0.5) is 0 Å². The summed E-state index contributed by atoms with van der Waals surface area (Å²) in [6, 6.07) is 20.1. The molecule has 228 valence electrons. The zero-order valence-corrected chi connectivity index (χ0v) is 25.4. The molecule has 8 nitrogen and oxygen atoms in total. The van der Waals surface area contributed by atoms with E-state index in [4.69, 9.17) is 18.9 Å². The number of aromatic hydroxyl groups is 2. The van der Waals surface area contributed by atoms with Crippen LogP contribution >= 0.6 is 0 Å². The highest BCUT2D eigenvalue weighted by Crippen LogP contribution is 2.50. The van der Waals surface area contributed by atoms with Gasteiger partial charge >= 0.3 is 0 Å². The summed E-state index contributed by atoms with van der Waals surface area (Å²) in [7, 11) is 5.30. The molecule has 0 aromatic heterocycles. The van der Waals surface area contributed by atoms with Gasteiger partial charge in [0.15, 0.2) is 23.0 Å². The Balaban J connectivity index is 1.35. The Bertz CT molecular complexity index is 1690. The molecule has 0 radical (unpaired) electrons. The first-order valence-electron chi connectivity index (χ1n) is 15.2. The fourth-order valence-electron chi connectivity index (χ4n) is 6.89. The van der Waals surface area contributed by atoms with Crippen LogP contribution in [-0.2, 0) is 32.3 Å². The number of likely N-dealkylation sites (N-methyl/N-ethyl adjacent to an activating group) is 1. The van der Waals surface area contributed by atoms with E-state index in [1.165, 1.54) is 0 Å². The van der Waals surface area contributed by atoms with Crippen LogP contribution in [0.25, 0.3) is 0 Å². The highest BCUT2D eigenvalue weighted by molar-refractivity contribution is 5.62. The number of hydrogen-bond donors (Lipinski definition) is 3. The minimum atomic E-state index is -0.102. The first-order valence-corrected chi connectivity index (χ1v) is 15.2. The van der Waals surface area contributed by atoms with Crippen molar-refractivity contribution in [2.45, 2.75) is 44.4 Å². The molecule has 0 aliphatic carbocycles. The van der Waals surface area contributed by atoms with Gasteiger partial charge in [-0.1, -0.05) is 36.4 Å². The van der Waals surface area contributed by atoms with E-state index in [0.717, 1.165) is 71.3 Å². The van der Waals surface area contributed by atoms with E-state index in [0.29, 0.717) is 41.8 Å². The fourth-order valence-corrected chi connectivity index (χ4v) is 6.89. The first kappa shape index (κ1) is 28.4. The summed E-state index contributed by atoms with van der Waals surface area (Å²) < 4.78 is 24.0. The van der Waals surface area contributed by atoms with Crippen molar-refractivity contribution in [3.8, 4) is 40.2 Å². The number of nitrogens with one attached hydrogen (secondary N) is 1. The summed E-state index contributed by atoms with van der Waals surface area (Å²) in [6.07, 6.45) is 3.02. The van der Waals surface area contributed by atoms with Gasteiger partial charge in [0, 0.05) is 29.8 Å². The largest absolute Gasteiger partial charge is 0.504 e. The fraction of sp³-hybridized carbons (Fsp3) is 0.333. The molecule has 0 saturated heterocycles. The Kier molecular flexibility index (Phi) is 7.48. The van der Waals surface area contributed by atoms with Crippen molar-refractivity contribution in [3.05, 3.63) is 99.6 Å². The maximum atomic E-state index is 11.5. The average molecular weight is 595 g/mol. The van der Waals surface area contributed by atoms with E-state index >= 15 is 0 Å². The molecule has 6 bridgehead atoms. The van der Waals surface area contributed by atoms with E-state index in [1.807, 2.05) is 36.4 Å². The van der Waals surface area contributed by atoms with Gasteiger partial charge in [0.2, 0.25) is 11.5 Å². The van der Waals surface area contributed by atoms with E-state index in [1.54, 1.807) is 14.2 Å². The molecule has 6 aliphatic heterocycles. The molecule has 8 heteroatoms. The van der Waals surface area contributed by atoms with E-state index < -0.39 is 0 Å². The van der Waals surface area contributed by atoms with Gasteiger partial charge in [0.1, 0.15) is 12.4 Å². The molecule has 2 atom stereocenters. The Morgan fingerprint density at radius 2 is 1.43 bits per heavy atom. The normalized spacial score (nSPS) is 19.4. The number of methoxy groups -OCH3 is 2. The number of rotatable bonds is 2. The molecule has 10 rings (SSSR count). The van der Waals surface area contributed by atoms with Crippen molar-refractivity contribution >= 4 is 0 Å². The molecule has 6 heterocycles. The van der Waals surface area contributed by atoms with Crippen molar-refractivity contribution in [1.82, 2.24) is 10.2 Å². The number of ether oxygens (including phenoxy) is 4. The summed E-state index contributed by atoms with van der Waals surface area (Å²) in [4.78, 5) is 2.32. The zero-order valence-electron chi connectivity index (χ0n) is 25.4. The second-order valence-corrected chi connectivity index (χ2v) is 11.9. The average Bonchev–Trinajstić information content (AvgIpc) is 3.04. The maximum absolute atomic E-state index is 11.5. The monoisotopic (exact) mass is 594 g/mol. The van der Waals surface area contributed by atoms with E-state index in [9.17, 15) is 10.2 Å². The third-order valence-corrected chi connectivity index (χ3v) is 9.28. The summed E-state index contributed by atoms with van der Waals surface area (Å²) in [5.41, 5.74) is 7.24. The lowest BCUT2D eigenvalue weighted by Crippen LogP contribution is -2.33. The van der Waals surface area contributed by atoms with Crippen LogP contribution in [0.1, 0.15) is 51.0 Å². The van der Waals surface area contributed by atoms with Crippen molar-refractivity contribution in [2.24, 2.45) is 0 Å². The summed E-state index contributed by atoms with van der Waals surface area (Å²) >= 11 is 0. The highest BCUT2D eigenvalue weighted by atomic mass is 16.5. The predicted octanol–water partition coefficient (Wildman–Crippen LogP) is 6.00.